The van der Waals surface area contributed by atoms with Crippen molar-refractivity contribution in [2.24, 2.45) is 0 Å². The number of hydrogen-bond donors (Lipinski definition) is 0. The van der Waals surface area contributed by atoms with E-state index >= 15 is 0 Å². The molecule has 160 valence electrons. The number of benzene rings is 1. The molecule has 8 nitrogen and oxygen atoms in total. The van der Waals surface area contributed by atoms with Crippen LogP contribution in [0.1, 0.15) is 35.1 Å². The van der Waals surface area contributed by atoms with Gasteiger partial charge in [0.2, 0.25) is 15.0 Å². The van der Waals surface area contributed by atoms with E-state index in [4.69, 9.17) is 16.0 Å². The molecule has 4 aromatic rings. The third kappa shape index (κ3) is 3.57. The molecule has 0 N–H and O–H groups in total. The van der Waals surface area contributed by atoms with Gasteiger partial charge in [-0.2, -0.15) is 0 Å². The van der Waals surface area contributed by atoms with Gasteiger partial charge >= 0.3 is 0 Å². The Kier molecular flexibility index (Phi) is 4.75. The molecule has 0 bridgehead atoms. The van der Waals surface area contributed by atoms with E-state index in [0.717, 1.165) is 11.8 Å². The highest BCUT2D eigenvalue weighted by Crippen LogP contribution is 2.31. The molecule has 4 heterocycles. The van der Waals surface area contributed by atoms with Gasteiger partial charge in [0.15, 0.2) is 17.2 Å². The normalized spacial score (nSPS) is 15.7. The molecule has 0 radical (unpaired) electrons. The second-order valence-corrected chi connectivity index (χ2v) is 10.0. The lowest BCUT2D eigenvalue weighted by Gasteiger charge is -2.30. The van der Waals surface area contributed by atoms with Gasteiger partial charge in [-0.3, -0.25) is 9.20 Å². The fraction of sp³-hybridized carbons (Fsp3) is 0.286. The topological polar surface area (TPSA) is 97.8 Å². The van der Waals surface area contributed by atoms with Gasteiger partial charge in [-0.05, 0) is 43.2 Å². The van der Waals surface area contributed by atoms with Crippen LogP contribution in [0.4, 0.5) is 0 Å². The Bertz CT molecular complexity index is 1420. The Morgan fingerprint density at radius 2 is 1.94 bits per heavy atom. The number of pyridine rings is 1. The van der Waals surface area contributed by atoms with E-state index in [1.807, 2.05) is 0 Å². The van der Waals surface area contributed by atoms with Crippen molar-refractivity contribution < 1.29 is 17.6 Å². The maximum absolute atomic E-state index is 13.2. The van der Waals surface area contributed by atoms with E-state index in [1.54, 1.807) is 47.5 Å². The average Bonchev–Trinajstić information content (AvgIpc) is 3.34. The Hall–Kier alpha value is -2.91. The summed E-state index contributed by atoms with van der Waals surface area (Å²) in [5.74, 6) is 0.470. The molecular weight excluding hydrogens is 440 g/mol. The number of halogens is 1. The lowest BCUT2D eigenvalue weighted by atomic mass is 9.96. The molecule has 0 spiro atoms. The third-order valence-corrected chi connectivity index (χ3v) is 6.73. The van der Waals surface area contributed by atoms with Crippen molar-refractivity contribution in [3.63, 3.8) is 0 Å². The monoisotopic (exact) mass is 458 g/mol. The number of oxazole rings is 1. The van der Waals surface area contributed by atoms with Gasteiger partial charge < -0.3 is 9.32 Å². The number of aromatic nitrogens is 3. The predicted octanol–water partition coefficient (Wildman–Crippen LogP) is 3.55. The SMILES string of the molecule is CS(=O)(=O)c1nc(C(=O)N2CCC(c3nc4cc(Cl)ccc4o3)CC2)c2ccccn12. The van der Waals surface area contributed by atoms with Crippen LogP contribution in [0.5, 0.6) is 0 Å². The zero-order valence-corrected chi connectivity index (χ0v) is 18.2. The Balaban J connectivity index is 1.38. The first-order valence-corrected chi connectivity index (χ1v) is 12.1. The molecule has 1 aliphatic rings. The van der Waals surface area contributed by atoms with Crippen LogP contribution in [0.3, 0.4) is 0 Å². The summed E-state index contributed by atoms with van der Waals surface area (Å²) in [6.45, 7) is 1.01. The molecule has 1 saturated heterocycles. The molecule has 1 aliphatic heterocycles. The molecular formula is C21H19ClN4O4S. The zero-order valence-electron chi connectivity index (χ0n) is 16.7. The van der Waals surface area contributed by atoms with Crippen LogP contribution >= 0.6 is 11.6 Å². The number of sulfone groups is 1. The van der Waals surface area contributed by atoms with E-state index in [9.17, 15) is 13.2 Å². The minimum atomic E-state index is -3.58. The van der Waals surface area contributed by atoms with Crippen molar-refractivity contribution >= 4 is 44.0 Å². The van der Waals surface area contributed by atoms with Crippen molar-refractivity contribution in [3.8, 4) is 0 Å². The van der Waals surface area contributed by atoms with Gasteiger partial charge in [-0.1, -0.05) is 17.7 Å². The maximum Gasteiger partial charge on any atom is 0.274 e. The molecule has 10 heteroatoms. The number of likely N-dealkylation sites (tertiary alicyclic amines) is 1. The first kappa shape index (κ1) is 20.0. The minimum absolute atomic E-state index is 0.0977. The molecule has 3 aromatic heterocycles. The average molecular weight is 459 g/mol. The fourth-order valence-electron chi connectivity index (χ4n) is 4.00. The van der Waals surface area contributed by atoms with Crippen LogP contribution in [0, 0.1) is 0 Å². The Morgan fingerprint density at radius 1 is 1.16 bits per heavy atom. The standard InChI is InChI=1S/C21H19ClN4O4S/c1-31(28,29)21-24-18(16-4-2-3-9-26(16)21)20(27)25-10-7-13(8-11-25)19-23-15-12-14(22)5-6-17(15)30-19/h2-6,9,12-13H,7-8,10-11H2,1H3. The number of carbonyl (C=O) groups excluding carboxylic acids is 1. The number of amides is 1. The molecule has 5 rings (SSSR count). The number of carbonyl (C=O) groups is 1. The number of hydrogen-bond acceptors (Lipinski definition) is 6. The van der Waals surface area contributed by atoms with Crippen molar-refractivity contribution in [1.29, 1.82) is 0 Å². The van der Waals surface area contributed by atoms with Crippen LogP contribution in [0.2, 0.25) is 5.02 Å². The number of nitrogens with zero attached hydrogens (tertiary/aromatic N) is 4. The molecule has 1 aromatic carbocycles. The predicted molar refractivity (Wildman–Crippen MR) is 115 cm³/mol. The van der Waals surface area contributed by atoms with Crippen molar-refractivity contribution in [1.82, 2.24) is 19.3 Å². The molecule has 31 heavy (non-hydrogen) atoms. The van der Waals surface area contributed by atoms with E-state index in [0.29, 0.717) is 47.9 Å². The first-order valence-electron chi connectivity index (χ1n) is 9.83. The van der Waals surface area contributed by atoms with Gasteiger partial charge in [0, 0.05) is 36.5 Å². The summed E-state index contributed by atoms with van der Waals surface area (Å²) in [5, 5.41) is 0.472. The molecule has 1 amide bonds. The number of piperidine rings is 1. The lowest BCUT2D eigenvalue weighted by Crippen LogP contribution is -2.38. The molecule has 1 fully saturated rings. The van der Waals surface area contributed by atoms with Crippen LogP contribution in [0.15, 0.2) is 52.2 Å². The largest absolute Gasteiger partial charge is 0.440 e. The summed E-state index contributed by atoms with van der Waals surface area (Å²) < 4.78 is 31.6. The smallest absolute Gasteiger partial charge is 0.274 e. The quantitative estimate of drug-likeness (QED) is 0.465. The van der Waals surface area contributed by atoms with Crippen LogP contribution in [-0.2, 0) is 9.84 Å². The van der Waals surface area contributed by atoms with Crippen LogP contribution in [-0.4, -0.2) is 52.9 Å². The van der Waals surface area contributed by atoms with Gasteiger partial charge in [0.05, 0.1) is 5.52 Å². The fourth-order valence-corrected chi connectivity index (χ4v) is 4.94. The number of rotatable bonds is 3. The van der Waals surface area contributed by atoms with Crippen molar-refractivity contribution in [3.05, 3.63) is 59.2 Å². The van der Waals surface area contributed by atoms with Crippen LogP contribution in [0.25, 0.3) is 16.6 Å². The van der Waals surface area contributed by atoms with E-state index < -0.39 is 9.84 Å². The molecule has 0 aliphatic carbocycles. The zero-order chi connectivity index (χ0) is 21.8. The van der Waals surface area contributed by atoms with Gasteiger partial charge in [0.1, 0.15) is 5.52 Å². The lowest BCUT2D eigenvalue weighted by molar-refractivity contribution is 0.0703. The Labute approximate surface area is 183 Å². The second kappa shape index (κ2) is 7.35. The van der Waals surface area contributed by atoms with Crippen molar-refractivity contribution in [2.75, 3.05) is 19.3 Å². The highest BCUT2D eigenvalue weighted by Gasteiger charge is 2.31. The van der Waals surface area contributed by atoms with E-state index in [2.05, 4.69) is 9.97 Å². The van der Waals surface area contributed by atoms with Crippen molar-refractivity contribution in [2.45, 2.75) is 23.9 Å². The number of fused-ring (bicyclic) bond motifs is 2. The van der Waals surface area contributed by atoms with Gasteiger partial charge in [-0.25, -0.2) is 18.4 Å². The number of imidazole rings is 1. The van der Waals surface area contributed by atoms with Gasteiger partial charge in [-0.15, -0.1) is 0 Å². The summed E-state index contributed by atoms with van der Waals surface area (Å²) in [6, 6.07) is 10.5. The van der Waals surface area contributed by atoms with E-state index in [1.165, 1.54) is 4.40 Å². The van der Waals surface area contributed by atoms with Gasteiger partial charge in [0.25, 0.3) is 5.91 Å². The summed E-state index contributed by atoms with van der Waals surface area (Å²) in [5.41, 5.74) is 2.04. The van der Waals surface area contributed by atoms with Crippen LogP contribution < -0.4 is 0 Å². The molecule has 0 unspecified atom stereocenters. The minimum Gasteiger partial charge on any atom is -0.440 e. The summed E-state index contributed by atoms with van der Waals surface area (Å²) in [7, 11) is -3.58. The highest BCUT2D eigenvalue weighted by atomic mass is 35.5. The summed E-state index contributed by atoms with van der Waals surface area (Å²) >= 11 is 6.03. The maximum atomic E-state index is 13.2. The third-order valence-electron chi connectivity index (χ3n) is 5.55. The summed E-state index contributed by atoms with van der Waals surface area (Å²) in [6.07, 6.45) is 4.07. The first-order chi connectivity index (χ1) is 14.8. The second-order valence-electron chi connectivity index (χ2n) is 7.70. The summed E-state index contributed by atoms with van der Waals surface area (Å²) in [4.78, 5) is 23.6. The highest BCUT2D eigenvalue weighted by molar-refractivity contribution is 7.90. The molecule has 0 saturated carbocycles. The Morgan fingerprint density at radius 3 is 2.68 bits per heavy atom. The van der Waals surface area contributed by atoms with E-state index in [-0.39, 0.29) is 22.7 Å². The molecule has 0 atom stereocenters.